The summed E-state index contributed by atoms with van der Waals surface area (Å²) in [5, 5.41) is 31.2. The van der Waals surface area contributed by atoms with E-state index >= 15 is 0 Å². The highest BCUT2D eigenvalue weighted by molar-refractivity contribution is 5.87. The van der Waals surface area contributed by atoms with Crippen molar-refractivity contribution in [1.82, 2.24) is 0 Å². The lowest BCUT2D eigenvalue weighted by Gasteiger charge is -2.62. The smallest absolute Gasteiger partial charge is 0.330 e. The molecule has 0 spiro atoms. The number of rotatable bonds is 14. The average Bonchev–Trinajstić information content (AvgIpc) is 3.42. The van der Waals surface area contributed by atoms with Crippen LogP contribution in [0.5, 0.6) is 11.5 Å². The molecule has 2 N–H and O–H groups in total. The maximum atomic E-state index is 13.0. The van der Waals surface area contributed by atoms with Crippen LogP contribution in [0, 0.1) is 56.5 Å². The topological polar surface area (TPSA) is 155 Å². The summed E-state index contributed by atoms with van der Waals surface area (Å²) in [7, 11) is 1.49. The Hall–Kier alpha value is -3.18. The summed E-state index contributed by atoms with van der Waals surface area (Å²) in [5.74, 6) is 2.41. The maximum absolute atomic E-state index is 13.0. The first-order valence-corrected chi connectivity index (χ1v) is 18.2. The number of methoxy groups -OCH3 is 1. The molecule has 4 saturated carbocycles. The Kier molecular flexibility index (Phi) is 12.0. The monoisotopic (exact) mass is 685 g/mol. The van der Waals surface area contributed by atoms with Crippen molar-refractivity contribution in [3.05, 3.63) is 40.0 Å². The van der Waals surface area contributed by atoms with Crippen LogP contribution in [-0.4, -0.2) is 59.8 Å². The molecule has 0 heterocycles. The molecule has 0 aliphatic heterocycles. The van der Waals surface area contributed by atoms with Crippen LogP contribution in [0.3, 0.4) is 0 Å². The Bertz CT molecular complexity index is 1370. The number of unbranched alkanes of at least 4 members (excludes halogenated alkanes) is 1. The van der Waals surface area contributed by atoms with E-state index in [2.05, 4.69) is 25.6 Å². The highest BCUT2D eigenvalue weighted by atomic mass is 16.9. The van der Waals surface area contributed by atoms with Crippen molar-refractivity contribution in [1.29, 1.82) is 0 Å². The van der Waals surface area contributed by atoms with Crippen LogP contribution >= 0.6 is 0 Å². The Labute approximate surface area is 289 Å². The predicted molar refractivity (Wildman–Crippen MR) is 182 cm³/mol. The van der Waals surface area contributed by atoms with Gasteiger partial charge in [0, 0.05) is 12.5 Å². The number of fused-ring (bicyclic) bond motifs is 5. The van der Waals surface area contributed by atoms with Crippen LogP contribution in [0.2, 0.25) is 0 Å². The molecule has 11 nitrogen and oxygen atoms in total. The van der Waals surface area contributed by atoms with Crippen molar-refractivity contribution in [3.63, 3.8) is 0 Å². The second-order valence-corrected chi connectivity index (χ2v) is 15.6. The molecule has 1 aromatic rings. The number of ether oxygens (including phenoxy) is 3. The molecule has 11 heteroatoms. The highest BCUT2D eigenvalue weighted by Gasteiger charge is 2.62. The molecule has 49 heavy (non-hydrogen) atoms. The lowest BCUT2D eigenvalue weighted by Crippen LogP contribution is -2.58. The number of aliphatic hydroxyl groups excluding tert-OH is 2. The third-order valence-electron chi connectivity index (χ3n) is 13.0. The zero-order chi connectivity index (χ0) is 35.3. The molecule has 4 aliphatic carbocycles. The molecule has 4 fully saturated rings. The van der Waals surface area contributed by atoms with Crippen molar-refractivity contribution >= 4 is 18.0 Å². The predicted octanol–water partition coefficient (Wildman–Crippen LogP) is 6.55. The van der Waals surface area contributed by atoms with Gasteiger partial charge in [-0.25, -0.2) is 4.79 Å². The van der Waals surface area contributed by atoms with Crippen LogP contribution in [0.4, 0.5) is 0 Å². The lowest BCUT2D eigenvalue weighted by atomic mass is 9.43. The molecule has 1 aromatic carbocycles. The summed E-state index contributed by atoms with van der Waals surface area (Å²) < 4.78 is 16.3. The van der Waals surface area contributed by atoms with Gasteiger partial charge < -0.3 is 29.3 Å². The van der Waals surface area contributed by atoms with Crippen LogP contribution < -0.4 is 9.47 Å². The summed E-state index contributed by atoms with van der Waals surface area (Å²) in [4.78, 5) is 39.4. The second-order valence-electron chi connectivity index (χ2n) is 15.6. The van der Waals surface area contributed by atoms with Crippen LogP contribution in [0.1, 0.15) is 103 Å². The van der Waals surface area contributed by atoms with Gasteiger partial charge in [-0.1, -0.05) is 26.8 Å². The van der Waals surface area contributed by atoms with E-state index in [0.29, 0.717) is 71.8 Å². The molecule has 3 unspecified atom stereocenters. The van der Waals surface area contributed by atoms with Gasteiger partial charge in [0.05, 0.1) is 32.5 Å². The van der Waals surface area contributed by atoms with Gasteiger partial charge in [0.1, 0.15) is 0 Å². The molecular formula is C38H55NO10. The zero-order valence-corrected chi connectivity index (χ0v) is 29.5. The fraction of sp³-hybridized carbons (Fsp3) is 0.737. The summed E-state index contributed by atoms with van der Waals surface area (Å²) in [6, 6.07) is 5.05. The molecule has 0 saturated heterocycles. The van der Waals surface area contributed by atoms with Crippen molar-refractivity contribution in [2.75, 3.05) is 20.3 Å². The molecule has 5 rings (SSSR count). The van der Waals surface area contributed by atoms with Crippen LogP contribution in [0.15, 0.2) is 24.3 Å². The lowest BCUT2D eigenvalue weighted by molar-refractivity contribution is -0.757. The summed E-state index contributed by atoms with van der Waals surface area (Å²) in [6.07, 6.45) is 12.3. The van der Waals surface area contributed by atoms with E-state index in [1.807, 2.05) is 0 Å². The summed E-state index contributed by atoms with van der Waals surface area (Å²) in [6.45, 7) is 7.24. The van der Waals surface area contributed by atoms with Crippen LogP contribution in [0.25, 0.3) is 6.08 Å². The molecule has 272 valence electrons. The van der Waals surface area contributed by atoms with Crippen molar-refractivity contribution in [2.45, 2.75) is 110 Å². The molecule has 0 bridgehead atoms. The van der Waals surface area contributed by atoms with E-state index in [0.717, 1.165) is 57.8 Å². The quantitative estimate of drug-likeness (QED) is 0.0550. The van der Waals surface area contributed by atoms with E-state index in [1.165, 1.54) is 13.2 Å². The van der Waals surface area contributed by atoms with Gasteiger partial charge in [-0.3, -0.25) is 4.79 Å². The summed E-state index contributed by atoms with van der Waals surface area (Å²) >= 11 is 0. The molecule has 0 aromatic heterocycles. The fourth-order valence-electron chi connectivity index (χ4n) is 10.5. The Morgan fingerprint density at radius 2 is 1.76 bits per heavy atom. The minimum atomic E-state index is -0.853. The van der Waals surface area contributed by atoms with Gasteiger partial charge in [0.25, 0.3) is 5.09 Å². The van der Waals surface area contributed by atoms with Gasteiger partial charge in [0.2, 0.25) is 0 Å². The molecule has 10 atom stereocenters. The first-order chi connectivity index (χ1) is 23.4. The number of carbonyl (C=O) groups excluding carboxylic acids is 2. The van der Waals surface area contributed by atoms with Gasteiger partial charge >= 0.3 is 11.9 Å². The first kappa shape index (κ1) is 37.1. The number of aliphatic hydroxyl groups is 2. The highest BCUT2D eigenvalue weighted by Crippen LogP contribution is 2.68. The average molecular weight is 686 g/mol. The number of hydrogen-bond acceptors (Lipinski definition) is 10. The maximum Gasteiger partial charge on any atom is 0.330 e. The van der Waals surface area contributed by atoms with Gasteiger partial charge in [-0.2, -0.15) is 0 Å². The normalized spacial score (nSPS) is 34.3. The summed E-state index contributed by atoms with van der Waals surface area (Å²) in [5.41, 5.74) is 1.02. The minimum Gasteiger partial charge on any atom is -0.493 e. The SMILES string of the molecule is COc1cc(C=CC(=O)OCCCCO[N+](=O)[O-])ccc1OC(=O)CC[C@@H](C)[C@H]1CCC2C3C(CC[C@@]21C)[C@@]1(C)CC[C@@H](O)C[C@H]1C[C@@H]3O. The molecule has 4 aliphatic rings. The molecule has 0 amide bonds. The standard InChI is InChI=1S/C38H55NO10/c1-24(28-10-11-29-36-30(16-18-38(28,29)3)37(2)17-15-27(40)22-26(37)23-31(36)41)7-13-35(43)49-32-12-8-25(21-33(32)46-4)9-14-34(42)47-19-5-6-20-48-39(44)45/h8-9,12,14,21,24,26-31,36,40-41H,5-7,10-11,13,15-20,22-23H2,1-4H3/t24-,26+,27-,28-,29?,30?,31+,36?,37+,38-/m1/s1. The van der Waals surface area contributed by atoms with Gasteiger partial charge in [0.15, 0.2) is 11.5 Å². The first-order valence-electron chi connectivity index (χ1n) is 18.2. The number of nitrogens with zero attached hydrogens (tertiary/aromatic N) is 1. The van der Waals surface area contributed by atoms with E-state index in [9.17, 15) is 29.9 Å². The zero-order valence-electron chi connectivity index (χ0n) is 29.5. The Morgan fingerprint density at radius 3 is 2.51 bits per heavy atom. The third kappa shape index (κ3) is 8.25. The minimum absolute atomic E-state index is 0.0447. The third-order valence-corrected chi connectivity index (χ3v) is 13.0. The Morgan fingerprint density at radius 1 is 1.02 bits per heavy atom. The van der Waals surface area contributed by atoms with Gasteiger partial charge in [-0.15, -0.1) is 10.1 Å². The second kappa shape index (κ2) is 15.8. The van der Waals surface area contributed by atoms with Crippen LogP contribution in [-0.2, 0) is 19.2 Å². The van der Waals surface area contributed by atoms with E-state index in [-0.39, 0.29) is 42.2 Å². The van der Waals surface area contributed by atoms with E-state index < -0.39 is 11.1 Å². The van der Waals surface area contributed by atoms with Crippen molar-refractivity contribution < 1.29 is 43.9 Å². The van der Waals surface area contributed by atoms with Crippen molar-refractivity contribution in [3.8, 4) is 11.5 Å². The number of esters is 2. The molecular weight excluding hydrogens is 630 g/mol. The van der Waals surface area contributed by atoms with E-state index in [4.69, 9.17) is 14.2 Å². The molecule has 0 radical (unpaired) electrons. The van der Waals surface area contributed by atoms with Crippen molar-refractivity contribution in [2.24, 2.45) is 46.3 Å². The largest absolute Gasteiger partial charge is 0.493 e. The van der Waals surface area contributed by atoms with Gasteiger partial charge in [-0.05, 0) is 141 Å². The number of benzene rings is 1. The Balaban J connectivity index is 1.11. The number of carbonyl (C=O) groups is 2. The number of hydrogen-bond donors (Lipinski definition) is 2. The fourth-order valence-corrected chi connectivity index (χ4v) is 10.5. The van der Waals surface area contributed by atoms with E-state index in [1.54, 1.807) is 24.3 Å².